The van der Waals surface area contributed by atoms with E-state index < -0.39 is 0 Å². The molecule has 2 aromatic heterocycles. The summed E-state index contributed by atoms with van der Waals surface area (Å²) in [4.78, 5) is 24.1. The maximum Gasteiger partial charge on any atom is 0.224 e. The molecule has 5 heteroatoms. The number of aromatic nitrogens is 2. The third kappa shape index (κ3) is 5.51. The van der Waals surface area contributed by atoms with E-state index in [2.05, 4.69) is 26.3 Å². The maximum absolute atomic E-state index is 12.9. The van der Waals surface area contributed by atoms with Crippen molar-refractivity contribution in [2.75, 3.05) is 13.1 Å². The zero-order valence-electron chi connectivity index (χ0n) is 17.2. The van der Waals surface area contributed by atoms with E-state index in [-0.39, 0.29) is 11.9 Å². The lowest BCUT2D eigenvalue weighted by Crippen LogP contribution is -2.43. The maximum atomic E-state index is 12.9. The Kier molecular flexibility index (Phi) is 6.83. The molecule has 0 aliphatic carbocycles. The lowest BCUT2D eigenvalue weighted by Gasteiger charge is -2.37. The number of hydrogen-bond acceptors (Lipinski definition) is 4. The Labute approximate surface area is 178 Å². The van der Waals surface area contributed by atoms with Gasteiger partial charge in [0.2, 0.25) is 5.91 Å². The van der Waals surface area contributed by atoms with Gasteiger partial charge in [-0.1, -0.05) is 42.5 Å². The molecular weight excluding hydrogens is 372 g/mol. The van der Waals surface area contributed by atoms with Crippen LogP contribution >= 0.6 is 0 Å². The van der Waals surface area contributed by atoms with Crippen LogP contribution < -0.4 is 5.32 Å². The van der Waals surface area contributed by atoms with Gasteiger partial charge in [-0.15, -0.1) is 0 Å². The number of likely N-dealkylation sites (tertiary alicyclic amines) is 1. The van der Waals surface area contributed by atoms with Gasteiger partial charge < -0.3 is 5.32 Å². The summed E-state index contributed by atoms with van der Waals surface area (Å²) in [7, 11) is 0. The molecule has 2 unspecified atom stereocenters. The summed E-state index contributed by atoms with van der Waals surface area (Å²) in [6.07, 6.45) is 8.13. The van der Waals surface area contributed by atoms with Gasteiger partial charge in [-0.3, -0.25) is 19.7 Å². The van der Waals surface area contributed by atoms with Gasteiger partial charge in [0.1, 0.15) is 0 Å². The van der Waals surface area contributed by atoms with Crippen molar-refractivity contribution in [2.45, 2.75) is 31.8 Å². The highest BCUT2D eigenvalue weighted by molar-refractivity contribution is 5.79. The van der Waals surface area contributed by atoms with E-state index in [9.17, 15) is 4.79 Å². The molecule has 1 amide bonds. The van der Waals surface area contributed by atoms with E-state index in [1.54, 1.807) is 0 Å². The number of hydrogen-bond donors (Lipinski definition) is 1. The number of nitrogens with zero attached hydrogens (tertiary/aromatic N) is 3. The highest BCUT2D eigenvalue weighted by atomic mass is 16.1. The minimum absolute atomic E-state index is 0.0428. The standard InChI is InChI=1S/C25H28N4O/c30-24(16-20-8-2-1-3-9-20)28-25(23-12-4-5-14-27-23)22-11-7-15-29(19-22)18-21-10-6-13-26-17-21/h1-6,8-10,12-14,17,22,25H,7,11,15-16,18-19H2,(H,28,30). The molecule has 3 heterocycles. The second-order valence-electron chi connectivity index (χ2n) is 7.96. The van der Waals surface area contributed by atoms with Gasteiger partial charge in [0, 0.05) is 31.7 Å². The predicted molar refractivity (Wildman–Crippen MR) is 118 cm³/mol. The largest absolute Gasteiger partial charge is 0.347 e. The van der Waals surface area contributed by atoms with E-state index in [4.69, 9.17) is 0 Å². The molecule has 1 aliphatic rings. The van der Waals surface area contributed by atoms with Crippen LogP contribution in [-0.4, -0.2) is 33.9 Å². The van der Waals surface area contributed by atoms with E-state index in [0.29, 0.717) is 12.3 Å². The Hall–Kier alpha value is -3.05. The van der Waals surface area contributed by atoms with Gasteiger partial charge in [-0.25, -0.2) is 0 Å². The van der Waals surface area contributed by atoms with Crippen LogP contribution in [0, 0.1) is 5.92 Å². The number of carbonyl (C=O) groups is 1. The van der Waals surface area contributed by atoms with Crippen LogP contribution in [0.3, 0.4) is 0 Å². The number of pyridine rings is 2. The van der Waals surface area contributed by atoms with Crippen molar-refractivity contribution in [1.82, 2.24) is 20.2 Å². The molecule has 0 saturated carbocycles. The number of nitrogens with one attached hydrogen (secondary N) is 1. The molecule has 30 heavy (non-hydrogen) atoms. The van der Waals surface area contributed by atoms with Crippen LogP contribution in [0.15, 0.2) is 79.3 Å². The monoisotopic (exact) mass is 400 g/mol. The SMILES string of the molecule is O=C(Cc1ccccc1)NC(c1ccccn1)C1CCCN(Cc2cccnc2)C1. The van der Waals surface area contributed by atoms with Gasteiger partial charge in [-0.05, 0) is 54.6 Å². The second kappa shape index (κ2) is 10.1. The Morgan fingerprint density at radius 2 is 1.87 bits per heavy atom. The summed E-state index contributed by atoms with van der Waals surface area (Å²) in [5, 5.41) is 3.30. The number of piperidine rings is 1. The van der Waals surface area contributed by atoms with E-state index >= 15 is 0 Å². The third-order valence-corrected chi connectivity index (χ3v) is 5.67. The smallest absolute Gasteiger partial charge is 0.224 e. The molecule has 3 aromatic rings. The van der Waals surface area contributed by atoms with Crippen LogP contribution in [-0.2, 0) is 17.8 Å². The quantitative estimate of drug-likeness (QED) is 0.656. The van der Waals surface area contributed by atoms with Gasteiger partial charge in [0.25, 0.3) is 0 Å². The van der Waals surface area contributed by atoms with Crippen molar-refractivity contribution in [2.24, 2.45) is 5.92 Å². The van der Waals surface area contributed by atoms with Crippen LogP contribution in [0.5, 0.6) is 0 Å². The molecule has 0 spiro atoms. The number of rotatable bonds is 7. The summed E-state index contributed by atoms with van der Waals surface area (Å²) in [6.45, 7) is 2.89. The molecule has 1 saturated heterocycles. The average molecular weight is 401 g/mol. The lowest BCUT2D eigenvalue weighted by atomic mass is 9.88. The molecule has 1 N–H and O–H groups in total. The van der Waals surface area contributed by atoms with Crippen LogP contribution in [0.2, 0.25) is 0 Å². The van der Waals surface area contributed by atoms with Crippen molar-refractivity contribution >= 4 is 5.91 Å². The topological polar surface area (TPSA) is 58.1 Å². The zero-order valence-corrected chi connectivity index (χ0v) is 17.2. The van der Waals surface area contributed by atoms with Gasteiger partial charge >= 0.3 is 0 Å². The fourth-order valence-electron chi connectivity index (χ4n) is 4.26. The van der Waals surface area contributed by atoms with Crippen molar-refractivity contribution in [3.63, 3.8) is 0 Å². The molecule has 0 radical (unpaired) electrons. The molecule has 4 rings (SSSR count). The van der Waals surface area contributed by atoms with E-state index in [1.807, 2.05) is 73.2 Å². The minimum atomic E-state index is -0.0842. The molecular formula is C25H28N4O. The lowest BCUT2D eigenvalue weighted by molar-refractivity contribution is -0.121. The van der Waals surface area contributed by atoms with Gasteiger partial charge in [0.05, 0.1) is 18.2 Å². The highest BCUT2D eigenvalue weighted by Gasteiger charge is 2.30. The van der Waals surface area contributed by atoms with Crippen molar-refractivity contribution in [3.05, 3.63) is 96.1 Å². The molecule has 154 valence electrons. The summed E-state index contributed by atoms with van der Waals surface area (Å²) >= 11 is 0. The molecule has 1 fully saturated rings. The van der Waals surface area contributed by atoms with Crippen LogP contribution in [0.4, 0.5) is 0 Å². The van der Waals surface area contributed by atoms with Crippen LogP contribution in [0.1, 0.15) is 35.7 Å². The highest BCUT2D eigenvalue weighted by Crippen LogP contribution is 2.29. The summed E-state index contributed by atoms with van der Waals surface area (Å²) in [6, 6.07) is 19.8. The fourth-order valence-corrected chi connectivity index (χ4v) is 4.26. The minimum Gasteiger partial charge on any atom is -0.347 e. The van der Waals surface area contributed by atoms with Gasteiger partial charge in [0.15, 0.2) is 0 Å². The van der Waals surface area contributed by atoms with Crippen LogP contribution in [0.25, 0.3) is 0 Å². The van der Waals surface area contributed by atoms with Crippen molar-refractivity contribution in [1.29, 1.82) is 0 Å². The number of amides is 1. The first kappa shape index (κ1) is 20.2. The first-order chi connectivity index (χ1) is 14.8. The fraction of sp³-hybridized carbons (Fsp3) is 0.320. The summed E-state index contributed by atoms with van der Waals surface area (Å²) in [5.74, 6) is 0.367. The Balaban J connectivity index is 1.47. The predicted octanol–water partition coefficient (Wildman–Crippen LogP) is 3.79. The number of carbonyl (C=O) groups excluding carboxylic acids is 1. The first-order valence-corrected chi connectivity index (χ1v) is 10.6. The van der Waals surface area contributed by atoms with Crippen molar-refractivity contribution < 1.29 is 4.79 Å². The molecule has 1 aromatic carbocycles. The van der Waals surface area contributed by atoms with Crippen molar-refractivity contribution in [3.8, 4) is 0 Å². The molecule has 1 aliphatic heterocycles. The Morgan fingerprint density at radius 3 is 2.63 bits per heavy atom. The second-order valence-corrected chi connectivity index (χ2v) is 7.96. The molecule has 5 nitrogen and oxygen atoms in total. The number of benzene rings is 1. The molecule has 0 bridgehead atoms. The Morgan fingerprint density at radius 1 is 1.03 bits per heavy atom. The van der Waals surface area contributed by atoms with E-state index in [1.165, 1.54) is 5.56 Å². The zero-order chi connectivity index (χ0) is 20.6. The van der Waals surface area contributed by atoms with Gasteiger partial charge in [-0.2, -0.15) is 0 Å². The Bertz CT molecular complexity index is 918. The average Bonchev–Trinajstić information content (AvgIpc) is 2.80. The summed E-state index contributed by atoms with van der Waals surface area (Å²) < 4.78 is 0. The molecule has 2 atom stereocenters. The van der Waals surface area contributed by atoms with E-state index in [0.717, 1.165) is 43.7 Å². The third-order valence-electron chi connectivity index (χ3n) is 5.67. The summed E-state index contributed by atoms with van der Waals surface area (Å²) in [5.41, 5.74) is 3.18. The first-order valence-electron chi connectivity index (χ1n) is 10.6. The normalized spacial score (nSPS) is 17.9.